The third kappa shape index (κ3) is 2.54. The first-order chi connectivity index (χ1) is 11.6. The van der Waals surface area contributed by atoms with E-state index in [4.69, 9.17) is 28.2 Å². The van der Waals surface area contributed by atoms with E-state index in [1.165, 1.54) is 12.5 Å². The molecule has 0 saturated heterocycles. The maximum absolute atomic E-state index is 11.6. The van der Waals surface area contributed by atoms with Gasteiger partial charge in [-0.15, -0.1) is 0 Å². The van der Waals surface area contributed by atoms with Gasteiger partial charge in [0.05, 0.1) is 17.8 Å². The van der Waals surface area contributed by atoms with Crippen LogP contribution in [0.3, 0.4) is 0 Å². The van der Waals surface area contributed by atoms with Gasteiger partial charge in [-0.2, -0.15) is 0 Å². The molecular formula is C18H11Cl2N3O. The molecule has 2 aromatic carbocycles. The molecule has 0 aliphatic carbocycles. The topological polar surface area (TPSA) is 52.2 Å². The van der Waals surface area contributed by atoms with Gasteiger partial charge in [0.25, 0.3) is 6.33 Å². The summed E-state index contributed by atoms with van der Waals surface area (Å²) in [5.74, 6) is 0. The molecule has 1 aliphatic heterocycles. The second kappa shape index (κ2) is 5.89. The van der Waals surface area contributed by atoms with E-state index in [-0.39, 0.29) is 0 Å². The van der Waals surface area contributed by atoms with Crippen LogP contribution in [-0.4, -0.2) is 10.7 Å². The zero-order valence-corrected chi connectivity index (χ0v) is 13.9. The Labute approximate surface area is 148 Å². The fraction of sp³-hybridized carbons (Fsp3) is 0.0556. The Morgan fingerprint density at radius 2 is 1.83 bits per heavy atom. The van der Waals surface area contributed by atoms with Crippen molar-refractivity contribution in [3.63, 3.8) is 0 Å². The summed E-state index contributed by atoms with van der Waals surface area (Å²) < 4.78 is 0.685. The maximum atomic E-state index is 11.6. The lowest BCUT2D eigenvalue weighted by molar-refractivity contribution is -0.609. The third-order valence-corrected chi connectivity index (χ3v) is 4.48. The monoisotopic (exact) mass is 355 g/mol. The van der Waals surface area contributed by atoms with Crippen molar-refractivity contribution >= 4 is 28.9 Å². The van der Waals surface area contributed by atoms with E-state index in [1.54, 1.807) is 6.07 Å². The minimum Gasteiger partial charge on any atom is -0.711 e. The van der Waals surface area contributed by atoms with E-state index in [2.05, 4.69) is 4.98 Å². The van der Waals surface area contributed by atoms with Crippen molar-refractivity contribution in [1.82, 2.24) is 4.98 Å². The highest BCUT2D eigenvalue weighted by atomic mass is 35.5. The molecule has 0 N–H and O–H groups in total. The Morgan fingerprint density at radius 3 is 2.67 bits per heavy atom. The predicted octanol–water partition coefficient (Wildman–Crippen LogP) is 4.04. The molecule has 4 rings (SSSR count). The number of hydrogen-bond donors (Lipinski definition) is 0. The zero-order valence-electron chi connectivity index (χ0n) is 12.4. The van der Waals surface area contributed by atoms with Gasteiger partial charge >= 0.3 is 0 Å². The molecular weight excluding hydrogens is 345 g/mol. The van der Waals surface area contributed by atoms with Crippen LogP contribution in [-0.2, 0) is 6.54 Å². The van der Waals surface area contributed by atoms with Crippen LogP contribution in [0.2, 0.25) is 10.0 Å². The predicted molar refractivity (Wildman–Crippen MR) is 94.4 cm³/mol. The van der Waals surface area contributed by atoms with Gasteiger partial charge in [-0.3, -0.25) is 4.99 Å². The van der Waals surface area contributed by atoms with Crippen molar-refractivity contribution in [2.24, 2.45) is 4.99 Å². The van der Waals surface area contributed by atoms with Crippen LogP contribution in [0.25, 0.3) is 11.3 Å². The van der Waals surface area contributed by atoms with Gasteiger partial charge in [0.1, 0.15) is 6.20 Å². The molecule has 6 heteroatoms. The smallest absolute Gasteiger partial charge is 0.289 e. The first-order valence-electron chi connectivity index (χ1n) is 7.31. The summed E-state index contributed by atoms with van der Waals surface area (Å²) >= 11 is 12.6. The summed E-state index contributed by atoms with van der Waals surface area (Å²) in [5, 5.41) is 12.8. The van der Waals surface area contributed by atoms with Crippen LogP contribution in [0.15, 0.2) is 60.0 Å². The third-order valence-electron chi connectivity index (χ3n) is 3.92. The van der Waals surface area contributed by atoms with Gasteiger partial charge < -0.3 is 5.21 Å². The summed E-state index contributed by atoms with van der Waals surface area (Å²) in [6.45, 7) is 0.346. The minimum atomic E-state index is 0.346. The first-order valence-corrected chi connectivity index (χ1v) is 8.06. The number of nitrogens with zero attached hydrogens (tertiary/aromatic N) is 3. The number of hydrogen-bond acceptors (Lipinski definition) is 3. The van der Waals surface area contributed by atoms with Gasteiger partial charge in [0.2, 0.25) is 0 Å². The molecule has 0 spiro atoms. The van der Waals surface area contributed by atoms with E-state index in [9.17, 15) is 5.21 Å². The van der Waals surface area contributed by atoms with Crippen LogP contribution in [0.4, 0.5) is 0 Å². The quantitative estimate of drug-likeness (QED) is 0.488. The van der Waals surface area contributed by atoms with Crippen molar-refractivity contribution in [2.75, 3.05) is 0 Å². The molecule has 24 heavy (non-hydrogen) atoms. The Bertz CT molecular complexity index is 986. The van der Waals surface area contributed by atoms with Gasteiger partial charge in [-0.25, -0.2) is 4.73 Å². The average molecular weight is 356 g/mol. The molecule has 0 amide bonds. The normalized spacial score (nSPS) is 12.8. The van der Waals surface area contributed by atoms with Gasteiger partial charge in [-0.05, 0) is 29.2 Å². The second-order valence-corrected chi connectivity index (χ2v) is 6.29. The molecule has 0 bridgehead atoms. The van der Waals surface area contributed by atoms with Crippen molar-refractivity contribution < 1.29 is 4.73 Å². The Hall–Kier alpha value is -2.43. The summed E-state index contributed by atoms with van der Waals surface area (Å²) in [4.78, 5) is 9.00. The first kappa shape index (κ1) is 15.1. The Kier molecular flexibility index (Phi) is 3.71. The lowest BCUT2D eigenvalue weighted by Crippen LogP contribution is -2.26. The Morgan fingerprint density at radius 1 is 1.00 bits per heavy atom. The molecule has 0 saturated carbocycles. The molecule has 0 unspecified atom stereocenters. The Balaban J connectivity index is 2.02. The van der Waals surface area contributed by atoms with Crippen LogP contribution in [0.1, 0.15) is 16.7 Å². The van der Waals surface area contributed by atoms with Crippen molar-refractivity contribution in [2.45, 2.75) is 6.54 Å². The number of halogens is 2. The molecule has 1 aliphatic rings. The highest BCUT2D eigenvalue weighted by Crippen LogP contribution is 2.33. The number of aromatic nitrogens is 2. The van der Waals surface area contributed by atoms with E-state index in [0.717, 1.165) is 33.7 Å². The summed E-state index contributed by atoms with van der Waals surface area (Å²) in [5.41, 5.74) is 4.80. The number of benzene rings is 2. The molecule has 4 nitrogen and oxygen atoms in total. The minimum absolute atomic E-state index is 0.346. The van der Waals surface area contributed by atoms with Crippen LogP contribution >= 0.6 is 23.2 Å². The van der Waals surface area contributed by atoms with Crippen molar-refractivity contribution in [3.8, 4) is 11.3 Å². The molecule has 0 radical (unpaired) electrons. The van der Waals surface area contributed by atoms with Gasteiger partial charge in [0, 0.05) is 26.7 Å². The largest absolute Gasteiger partial charge is 0.711 e. The highest BCUT2D eigenvalue weighted by molar-refractivity contribution is 6.36. The van der Waals surface area contributed by atoms with E-state index in [1.807, 2.05) is 36.4 Å². The lowest BCUT2D eigenvalue weighted by atomic mass is 9.95. The molecule has 0 fully saturated rings. The lowest BCUT2D eigenvalue weighted by Gasteiger charge is -2.11. The van der Waals surface area contributed by atoms with Crippen LogP contribution < -0.4 is 4.73 Å². The zero-order chi connectivity index (χ0) is 16.7. The maximum Gasteiger partial charge on any atom is 0.289 e. The fourth-order valence-corrected chi connectivity index (χ4v) is 3.25. The van der Waals surface area contributed by atoms with Crippen LogP contribution in [0.5, 0.6) is 0 Å². The SMILES string of the molecule is [O-][n+]1cnc2c(c1)CN=C(c1ccccc1Cl)c1cc(Cl)ccc1-2. The van der Waals surface area contributed by atoms with Gasteiger partial charge in [-0.1, -0.05) is 41.4 Å². The number of rotatable bonds is 1. The highest BCUT2D eigenvalue weighted by Gasteiger charge is 2.24. The van der Waals surface area contributed by atoms with E-state index >= 15 is 0 Å². The van der Waals surface area contributed by atoms with Gasteiger partial charge in [0.15, 0.2) is 5.69 Å². The van der Waals surface area contributed by atoms with E-state index in [0.29, 0.717) is 21.3 Å². The average Bonchev–Trinajstić information content (AvgIpc) is 2.72. The van der Waals surface area contributed by atoms with E-state index < -0.39 is 0 Å². The van der Waals surface area contributed by atoms with Crippen LogP contribution in [0, 0.1) is 5.21 Å². The molecule has 1 aromatic heterocycles. The molecule has 0 atom stereocenters. The summed E-state index contributed by atoms with van der Waals surface area (Å²) in [6.07, 6.45) is 2.75. The standard InChI is InChI=1S/C18H11Cl2N3O/c19-12-5-6-13-15(7-12)18(14-3-1-2-4-16(14)20)21-8-11-9-23(24)10-22-17(11)13/h1-7,9-10H,8H2. The number of fused-ring (bicyclic) bond motifs is 3. The fourth-order valence-electron chi connectivity index (χ4n) is 2.86. The molecule has 3 aromatic rings. The second-order valence-electron chi connectivity index (χ2n) is 5.44. The molecule has 118 valence electrons. The van der Waals surface area contributed by atoms with Crippen molar-refractivity contribution in [3.05, 3.63) is 86.9 Å². The number of aliphatic imine (C=N–C) groups is 1. The molecule has 2 heterocycles. The summed E-state index contributed by atoms with van der Waals surface area (Å²) in [6, 6.07) is 13.1. The summed E-state index contributed by atoms with van der Waals surface area (Å²) in [7, 11) is 0. The van der Waals surface area contributed by atoms with Crippen molar-refractivity contribution in [1.29, 1.82) is 0 Å².